The summed E-state index contributed by atoms with van der Waals surface area (Å²) in [5.41, 5.74) is 9.23. The van der Waals surface area contributed by atoms with E-state index in [9.17, 15) is 0 Å². The molecule has 0 saturated heterocycles. The van der Waals surface area contributed by atoms with Crippen LogP contribution in [-0.2, 0) is 0 Å². The molecule has 0 unspecified atom stereocenters. The van der Waals surface area contributed by atoms with Gasteiger partial charge in [0, 0.05) is 10.8 Å². The van der Waals surface area contributed by atoms with E-state index in [4.69, 9.17) is 4.42 Å². The van der Waals surface area contributed by atoms with E-state index in [1.54, 1.807) is 0 Å². The number of furan rings is 1. The first-order chi connectivity index (χ1) is 23.3. The highest BCUT2D eigenvalue weighted by Crippen LogP contribution is 2.47. The van der Waals surface area contributed by atoms with Crippen molar-refractivity contribution in [1.29, 1.82) is 0 Å². The van der Waals surface area contributed by atoms with E-state index in [2.05, 4.69) is 170 Å². The van der Waals surface area contributed by atoms with Gasteiger partial charge in [0.2, 0.25) is 0 Å². The van der Waals surface area contributed by atoms with E-state index in [0.717, 1.165) is 21.9 Å². The molecule has 1 nitrogen and oxygen atoms in total. The van der Waals surface area contributed by atoms with Crippen LogP contribution in [0.2, 0.25) is 0 Å². The first-order valence-corrected chi connectivity index (χ1v) is 16.2. The van der Waals surface area contributed by atoms with Crippen molar-refractivity contribution in [3.05, 3.63) is 170 Å². The highest BCUT2D eigenvalue weighted by molar-refractivity contribution is 6.26. The van der Waals surface area contributed by atoms with E-state index in [-0.39, 0.29) is 0 Å². The Morgan fingerprint density at radius 1 is 0.298 bits per heavy atom. The monoisotopic (exact) mass is 596 g/mol. The minimum Gasteiger partial charge on any atom is -0.456 e. The molecule has 1 heterocycles. The van der Waals surface area contributed by atoms with Gasteiger partial charge >= 0.3 is 0 Å². The van der Waals surface area contributed by atoms with Crippen molar-refractivity contribution in [2.24, 2.45) is 0 Å². The van der Waals surface area contributed by atoms with Crippen molar-refractivity contribution in [3.63, 3.8) is 0 Å². The third kappa shape index (κ3) is 3.97. The van der Waals surface area contributed by atoms with Crippen LogP contribution >= 0.6 is 0 Å². The van der Waals surface area contributed by atoms with Crippen LogP contribution in [-0.4, -0.2) is 0 Å². The highest BCUT2D eigenvalue weighted by atomic mass is 16.3. The molecule has 0 bridgehead atoms. The van der Waals surface area contributed by atoms with Crippen LogP contribution in [0.15, 0.2) is 174 Å². The van der Waals surface area contributed by atoms with Crippen molar-refractivity contribution in [3.8, 4) is 33.4 Å². The molecule has 10 rings (SSSR count). The van der Waals surface area contributed by atoms with Crippen LogP contribution in [0.4, 0.5) is 0 Å². The zero-order valence-corrected chi connectivity index (χ0v) is 25.6. The average molecular weight is 597 g/mol. The number of hydrogen-bond acceptors (Lipinski definition) is 1. The van der Waals surface area contributed by atoms with E-state index < -0.39 is 0 Å². The molecule has 0 radical (unpaired) electrons. The average Bonchev–Trinajstić information content (AvgIpc) is 3.50. The Kier molecular flexibility index (Phi) is 5.64. The standard InChI is InChI=1S/C46H28O/c1-2-12-29(13-3-1)34-21-10-16-30-24-25-33(27-40(30)34)44-35-17-6-8-19-37(35)45(38-20-9-7-18-36(38)44)39-22-11-23-42-46(39)41-26-31-14-4-5-15-32(31)28-43(41)47-42/h1-28H. The first-order valence-electron chi connectivity index (χ1n) is 16.2. The lowest BCUT2D eigenvalue weighted by atomic mass is 9.84. The number of benzene rings is 9. The fourth-order valence-electron chi connectivity index (χ4n) is 7.75. The van der Waals surface area contributed by atoms with E-state index in [1.807, 2.05) is 0 Å². The van der Waals surface area contributed by atoms with Gasteiger partial charge in [-0.05, 0) is 101 Å². The van der Waals surface area contributed by atoms with E-state index in [1.165, 1.54) is 76.5 Å². The maximum atomic E-state index is 6.53. The van der Waals surface area contributed by atoms with E-state index >= 15 is 0 Å². The van der Waals surface area contributed by atoms with Gasteiger partial charge in [0.1, 0.15) is 11.2 Å². The Labute approximate surface area is 271 Å². The topological polar surface area (TPSA) is 13.1 Å². The number of hydrogen-bond donors (Lipinski definition) is 0. The van der Waals surface area contributed by atoms with Gasteiger partial charge in [0.05, 0.1) is 0 Å². The normalized spacial score (nSPS) is 11.8. The van der Waals surface area contributed by atoms with Crippen molar-refractivity contribution >= 4 is 65.0 Å². The molecule has 0 aliphatic heterocycles. The lowest BCUT2D eigenvalue weighted by molar-refractivity contribution is 0.669. The summed E-state index contributed by atoms with van der Waals surface area (Å²) in [6.45, 7) is 0. The molecule has 47 heavy (non-hydrogen) atoms. The summed E-state index contributed by atoms with van der Waals surface area (Å²) in [5.74, 6) is 0. The third-order valence-electron chi connectivity index (χ3n) is 9.82. The molecule has 1 heteroatoms. The molecule has 0 aliphatic rings. The fraction of sp³-hybridized carbons (Fsp3) is 0. The van der Waals surface area contributed by atoms with Crippen molar-refractivity contribution in [1.82, 2.24) is 0 Å². The Balaban J connectivity index is 1.30. The lowest BCUT2D eigenvalue weighted by Gasteiger charge is -2.19. The molecule has 1 aromatic heterocycles. The second-order valence-electron chi connectivity index (χ2n) is 12.4. The quantitative estimate of drug-likeness (QED) is 0.185. The van der Waals surface area contributed by atoms with Crippen molar-refractivity contribution < 1.29 is 4.42 Å². The maximum Gasteiger partial charge on any atom is 0.136 e. The number of rotatable bonds is 3. The van der Waals surface area contributed by atoms with Gasteiger partial charge in [0.15, 0.2) is 0 Å². The summed E-state index contributed by atoms with van der Waals surface area (Å²) < 4.78 is 6.53. The summed E-state index contributed by atoms with van der Waals surface area (Å²) in [4.78, 5) is 0. The summed E-state index contributed by atoms with van der Waals surface area (Å²) in [5, 5.41) is 12.2. The Bertz CT molecular complexity index is 2780. The second kappa shape index (κ2) is 10.2. The van der Waals surface area contributed by atoms with Gasteiger partial charge in [-0.3, -0.25) is 0 Å². The van der Waals surface area contributed by atoms with Gasteiger partial charge in [-0.25, -0.2) is 0 Å². The molecule has 10 aromatic rings. The molecule has 9 aromatic carbocycles. The first kappa shape index (κ1) is 26.1. The van der Waals surface area contributed by atoms with Gasteiger partial charge in [0.25, 0.3) is 0 Å². The second-order valence-corrected chi connectivity index (χ2v) is 12.4. The summed E-state index contributed by atoms with van der Waals surface area (Å²) in [6.07, 6.45) is 0. The van der Waals surface area contributed by atoms with Crippen LogP contribution in [0.5, 0.6) is 0 Å². The Hall–Kier alpha value is -6.18. The van der Waals surface area contributed by atoms with Crippen LogP contribution in [0.1, 0.15) is 0 Å². The van der Waals surface area contributed by atoms with Gasteiger partial charge in [-0.1, -0.05) is 146 Å². The minimum atomic E-state index is 0.910. The molecule has 218 valence electrons. The van der Waals surface area contributed by atoms with Crippen LogP contribution < -0.4 is 0 Å². The molecule has 0 spiro atoms. The van der Waals surface area contributed by atoms with Crippen LogP contribution in [0.25, 0.3) is 98.4 Å². The zero-order valence-electron chi connectivity index (χ0n) is 25.6. The summed E-state index contributed by atoms with van der Waals surface area (Å²) >= 11 is 0. The third-order valence-corrected chi connectivity index (χ3v) is 9.82. The van der Waals surface area contributed by atoms with Gasteiger partial charge in [-0.15, -0.1) is 0 Å². The molecular weight excluding hydrogens is 569 g/mol. The van der Waals surface area contributed by atoms with Crippen molar-refractivity contribution in [2.75, 3.05) is 0 Å². The van der Waals surface area contributed by atoms with E-state index in [0.29, 0.717) is 0 Å². The molecule has 0 atom stereocenters. The summed E-state index contributed by atoms with van der Waals surface area (Å²) in [7, 11) is 0. The van der Waals surface area contributed by atoms with Crippen LogP contribution in [0, 0.1) is 0 Å². The summed E-state index contributed by atoms with van der Waals surface area (Å²) in [6, 6.07) is 61.6. The predicted molar refractivity (Wildman–Crippen MR) is 200 cm³/mol. The lowest BCUT2D eigenvalue weighted by Crippen LogP contribution is -1.91. The smallest absolute Gasteiger partial charge is 0.136 e. The fourth-order valence-corrected chi connectivity index (χ4v) is 7.75. The molecule has 0 saturated carbocycles. The Morgan fingerprint density at radius 3 is 1.64 bits per heavy atom. The van der Waals surface area contributed by atoms with Gasteiger partial charge < -0.3 is 4.42 Å². The minimum absolute atomic E-state index is 0.910. The SMILES string of the molecule is c1ccc(-c2cccc3ccc(-c4c5ccccc5c(-c5cccc6oc7cc8ccccc8cc7c56)c5ccccc45)cc23)cc1. The molecule has 0 amide bonds. The largest absolute Gasteiger partial charge is 0.456 e. The molecule has 0 fully saturated rings. The van der Waals surface area contributed by atoms with Crippen LogP contribution in [0.3, 0.4) is 0 Å². The highest BCUT2D eigenvalue weighted by Gasteiger charge is 2.20. The van der Waals surface area contributed by atoms with Crippen molar-refractivity contribution in [2.45, 2.75) is 0 Å². The Morgan fingerprint density at radius 2 is 0.894 bits per heavy atom. The molecular formula is C46H28O. The molecule has 0 N–H and O–H groups in total. The maximum absolute atomic E-state index is 6.53. The van der Waals surface area contributed by atoms with Gasteiger partial charge in [-0.2, -0.15) is 0 Å². The molecule has 0 aliphatic carbocycles. The number of fused-ring (bicyclic) bond motifs is 7. The zero-order chi connectivity index (χ0) is 30.9. The predicted octanol–water partition coefficient (Wildman–Crippen LogP) is 13.2.